The summed E-state index contributed by atoms with van der Waals surface area (Å²) in [6, 6.07) is 59.2. The van der Waals surface area contributed by atoms with Crippen molar-refractivity contribution < 1.29 is 0 Å². The highest BCUT2D eigenvalue weighted by Crippen LogP contribution is 2.56. The number of fused-ring (bicyclic) bond motifs is 18. The minimum Gasteiger partial charge on any atom is -0.0616 e. The Morgan fingerprint density at radius 3 is 1.49 bits per heavy atom. The van der Waals surface area contributed by atoms with Crippen LogP contribution in [0.5, 0.6) is 0 Å². The molecule has 10 aromatic carbocycles. The lowest BCUT2D eigenvalue weighted by Gasteiger charge is -2.25. The van der Waals surface area contributed by atoms with Crippen LogP contribution in [0.25, 0.3) is 97.7 Å². The van der Waals surface area contributed by atoms with E-state index >= 15 is 0 Å². The molecule has 0 spiro atoms. The van der Waals surface area contributed by atoms with Crippen LogP contribution in [-0.4, -0.2) is 0 Å². The Balaban J connectivity index is 1.20. The van der Waals surface area contributed by atoms with Crippen molar-refractivity contribution in [3.63, 3.8) is 0 Å². The summed E-state index contributed by atoms with van der Waals surface area (Å²) in [6.07, 6.45) is 0. The number of hydrogen-bond acceptors (Lipinski definition) is 0. The third-order valence-electron chi connectivity index (χ3n) is 11.5. The van der Waals surface area contributed by atoms with E-state index in [-0.39, 0.29) is 5.41 Å². The molecule has 0 aromatic heterocycles. The number of hydrogen-bond donors (Lipinski definition) is 0. The van der Waals surface area contributed by atoms with E-state index in [9.17, 15) is 0 Å². The Kier molecular flexibility index (Phi) is 5.27. The molecule has 0 fully saturated rings. The molecule has 0 bridgehead atoms. The van der Waals surface area contributed by atoms with Crippen LogP contribution in [-0.2, 0) is 5.41 Å². The summed E-state index contributed by atoms with van der Waals surface area (Å²) >= 11 is 0. The van der Waals surface area contributed by atoms with Gasteiger partial charge in [-0.2, -0.15) is 0 Å². The molecular formula is C49H32. The van der Waals surface area contributed by atoms with Gasteiger partial charge in [-0.05, 0) is 121 Å². The van der Waals surface area contributed by atoms with Crippen LogP contribution in [0.15, 0.2) is 158 Å². The van der Waals surface area contributed by atoms with Gasteiger partial charge in [-0.15, -0.1) is 0 Å². The molecule has 11 rings (SSSR count). The van der Waals surface area contributed by atoms with Gasteiger partial charge in [0.05, 0.1) is 0 Å². The van der Waals surface area contributed by atoms with E-state index < -0.39 is 0 Å². The Hall–Kier alpha value is -5.98. The van der Waals surface area contributed by atoms with E-state index in [0.29, 0.717) is 0 Å². The molecule has 0 amide bonds. The van der Waals surface area contributed by atoms with Crippen molar-refractivity contribution in [1.82, 2.24) is 0 Å². The van der Waals surface area contributed by atoms with Gasteiger partial charge in [-0.1, -0.05) is 159 Å². The fourth-order valence-electron chi connectivity index (χ4n) is 9.58. The van der Waals surface area contributed by atoms with Crippen molar-refractivity contribution >= 4 is 75.4 Å². The molecule has 0 atom stereocenters. The van der Waals surface area contributed by atoms with Crippen molar-refractivity contribution in [2.24, 2.45) is 0 Å². The summed E-state index contributed by atoms with van der Waals surface area (Å²) in [7, 11) is 0. The maximum absolute atomic E-state index is 2.46. The van der Waals surface area contributed by atoms with Gasteiger partial charge in [0.25, 0.3) is 0 Å². The van der Waals surface area contributed by atoms with Gasteiger partial charge in [0.1, 0.15) is 0 Å². The summed E-state index contributed by atoms with van der Waals surface area (Å²) in [6.45, 7) is 4.86. The summed E-state index contributed by atoms with van der Waals surface area (Å²) in [5.41, 5.74) is 8.06. The summed E-state index contributed by atoms with van der Waals surface area (Å²) in [5, 5.41) is 18.5. The molecule has 1 aliphatic rings. The molecule has 49 heavy (non-hydrogen) atoms. The van der Waals surface area contributed by atoms with Crippen LogP contribution < -0.4 is 0 Å². The first kappa shape index (κ1) is 27.0. The predicted molar refractivity (Wildman–Crippen MR) is 212 cm³/mol. The second-order valence-electron chi connectivity index (χ2n) is 14.4. The number of rotatable bonds is 1. The Morgan fingerprint density at radius 2 is 0.816 bits per heavy atom. The summed E-state index contributed by atoms with van der Waals surface area (Å²) < 4.78 is 0. The maximum Gasteiger partial charge on any atom is 0.0171 e. The third kappa shape index (κ3) is 3.48. The van der Waals surface area contributed by atoms with E-state index in [1.807, 2.05) is 0 Å². The Bertz CT molecular complexity index is 3070. The zero-order chi connectivity index (χ0) is 32.4. The lowest BCUT2D eigenvalue weighted by Crippen LogP contribution is -2.16. The van der Waals surface area contributed by atoms with Crippen molar-refractivity contribution in [3.8, 4) is 22.3 Å². The molecule has 0 unspecified atom stereocenters. The molecule has 0 heterocycles. The minimum atomic E-state index is -0.148. The van der Waals surface area contributed by atoms with Crippen LogP contribution in [0.3, 0.4) is 0 Å². The van der Waals surface area contributed by atoms with Crippen LogP contribution in [0, 0.1) is 0 Å². The minimum absolute atomic E-state index is 0.148. The topological polar surface area (TPSA) is 0 Å². The van der Waals surface area contributed by atoms with Crippen LogP contribution in [0.2, 0.25) is 0 Å². The first-order chi connectivity index (χ1) is 24.1. The zero-order valence-electron chi connectivity index (χ0n) is 27.5. The maximum atomic E-state index is 2.46. The van der Waals surface area contributed by atoms with E-state index in [4.69, 9.17) is 0 Å². The summed E-state index contributed by atoms with van der Waals surface area (Å²) in [5.74, 6) is 0. The van der Waals surface area contributed by atoms with Gasteiger partial charge < -0.3 is 0 Å². The second kappa shape index (κ2) is 9.56. The molecule has 0 N–H and O–H groups in total. The largest absolute Gasteiger partial charge is 0.0616 e. The average molecular weight is 621 g/mol. The summed E-state index contributed by atoms with van der Waals surface area (Å²) in [4.78, 5) is 0. The smallest absolute Gasteiger partial charge is 0.0171 e. The SMILES string of the molecule is CC1(C)c2c(ccc3cc(-c4cc5c6ccccc6c6ccccc6c5c5ccccc45)ccc23)-c2c1c1ccccc1c1ccccc21. The molecule has 0 saturated carbocycles. The quantitative estimate of drug-likeness (QED) is 0.160. The average Bonchev–Trinajstić information content (AvgIpc) is 3.41. The fourth-order valence-corrected chi connectivity index (χ4v) is 9.58. The molecule has 0 nitrogen and oxygen atoms in total. The van der Waals surface area contributed by atoms with Crippen molar-refractivity contribution in [2.45, 2.75) is 19.3 Å². The van der Waals surface area contributed by atoms with Crippen molar-refractivity contribution in [3.05, 3.63) is 169 Å². The van der Waals surface area contributed by atoms with Crippen LogP contribution in [0.1, 0.15) is 25.0 Å². The highest BCUT2D eigenvalue weighted by atomic mass is 14.4. The van der Waals surface area contributed by atoms with E-state index in [2.05, 4.69) is 172 Å². The van der Waals surface area contributed by atoms with Crippen molar-refractivity contribution in [2.75, 3.05) is 0 Å². The molecule has 0 aliphatic heterocycles. The molecule has 0 radical (unpaired) electrons. The van der Waals surface area contributed by atoms with Gasteiger partial charge >= 0.3 is 0 Å². The highest BCUT2D eigenvalue weighted by Gasteiger charge is 2.39. The molecule has 1 aliphatic carbocycles. The standard InChI is InChI=1S/C49H32/c1-49(2)47-31-25-23-30(27-29(31)24-26-42(47)46-40-21-11-6-15-34(40)35-16-8-12-22-41(35)48(46)49)43-28-44-36-17-4-3-13-32(36)33-14-5-9-19-38(33)45(44)39-20-10-7-18-37(39)43/h3-28H,1-2H3. The molecular weight excluding hydrogens is 589 g/mol. The monoisotopic (exact) mass is 620 g/mol. The normalized spacial score (nSPS) is 13.7. The first-order valence-corrected chi connectivity index (χ1v) is 17.4. The molecule has 10 aromatic rings. The highest BCUT2D eigenvalue weighted by molar-refractivity contribution is 6.33. The molecule has 0 heteroatoms. The third-order valence-corrected chi connectivity index (χ3v) is 11.5. The van der Waals surface area contributed by atoms with Gasteiger partial charge in [-0.25, -0.2) is 0 Å². The Morgan fingerprint density at radius 1 is 0.327 bits per heavy atom. The van der Waals surface area contributed by atoms with Gasteiger partial charge in [0, 0.05) is 5.41 Å². The lowest BCUT2D eigenvalue weighted by molar-refractivity contribution is 0.672. The van der Waals surface area contributed by atoms with Crippen LogP contribution in [0.4, 0.5) is 0 Å². The van der Waals surface area contributed by atoms with Crippen LogP contribution >= 0.6 is 0 Å². The lowest BCUT2D eigenvalue weighted by atomic mass is 9.77. The first-order valence-electron chi connectivity index (χ1n) is 17.4. The number of benzene rings is 10. The van der Waals surface area contributed by atoms with Gasteiger partial charge in [-0.3, -0.25) is 0 Å². The van der Waals surface area contributed by atoms with Crippen molar-refractivity contribution in [1.29, 1.82) is 0 Å². The van der Waals surface area contributed by atoms with E-state index in [1.54, 1.807) is 0 Å². The fraction of sp³-hybridized carbons (Fsp3) is 0.0612. The van der Waals surface area contributed by atoms with Gasteiger partial charge in [0.15, 0.2) is 0 Å². The van der Waals surface area contributed by atoms with Gasteiger partial charge in [0.2, 0.25) is 0 Å². The second-order valence-corrected chi connectivity index (χ2v) is 14.4. The Labute approximate surface area is 284 Å². The predicted octanol–water partition coefficient (Wildman–Crippen LogP) is 13.7. The molecule has 0 saturated heterocycles. The molecule has 228 valence electrons. The van der Waals surface area contributed by atoms with E-state index in [0.717, 1.165) is 0 Å². The van der Waals surface area contributed by atoms with E-state index in [1.165, 1.54) is 109 Å². The zero-order valence-corrected chi connectivity index (χ0v) is 27.5.